The van der Waals surface area contributed by atoms with Gasteiger partial charge in [0, 0.05) is 43.2 Å². The topological polar surface area (TPSA) is 82.5 Å². The van der Waals surface area contributed by atoms with E-state index in [0.717, 1.165) is 48.1 Å². The van der Waals surface area contributed by atoms with Crippen molar-refractivity contribution in [2.45, 2.75) is 52.7 Å². The zero-order valence-electron chi connectivity index (χ0n) is 19.3. The summed E-state index contributed by atoms with van der Waals surface area (Å²) in [5, 5.41) is 22.3. The van der Waals surface area contributed by atoms with Gasteiger partial charge in [0.2, 0.25) is 0 Å². The molecular weight excluding hydrogens is 402 g/mol. The Morgan fingerprint density at radius 1 is 1.06 bits per heavy atom. The van der Waals surface area contributed by atoms with Crippen molar-refractivity contribution in [2.75, 3.05) is 6.54 Å². The van der Waals surface area contributed by atoms with Crippen molar-refractivity contribution in [1.29, 1.82) is 0 Å². The average molecular weight is 432 g/mol. The highest BCUT2D eigenvalue weighted by Gasteiger charge is 2.36. The summed E-state index contributed by atoms with van der Waals surface area (Å²) in [4.78, 5) is 2.46. The minimum absolute atomic E-state index is 0.0763. The number of benzene rings is 1. The summed E-state index contributed by atoms with van der Waals surface area (Å²) in [6.45, 7) is 11.0. The van der Waals surface area contributed by atoms with Gasteiger partial charge in [-0.05, 0) is 42.3 Å². The highest BCUT2D eigenvalue weighted by atomic mass is 15.6. The third kappa shape index (κ3) is 3.42. The van der Waals surface area contributed by atoms with Gasteiger partial charge in [-0.15, -0.1) is 5.10 Å². The largest absolute Gasteiger partial charge is 0.283 e. The van der Waals surface area contributed by atoms with E-state index in [1.54, 1.807) is 0 Å². The highest BCUT2D eigenvalue weighted by molar-refractivity contribution is 5.37. The van der Waals surface area contributed by atoms with Crippen LogP contribution in [0.25, 0.3) is 5.69 Å². The molecule has 0 amide bonds. The number of para-hydroxylation sites is 1. The number of fused-ring (bicyclic) bond motifs is 1. The summed E-state index contributed by atoms with van der Waals surface area (Å²) >= 11 is 0. The van der Waals surface area contributed by atoms with Gasteiger partial charge in [0.15, 0.2) is 5.82 Å². The molecule has 1 aromatic carbocycles. The summed E-state index contributed by atoms with van der Waals surface area (Å²) < 4.78 is 5.86. The van der Waals surface area contributed by atoms with Crippen LogP contribution in [-0.2, 0) is 20.1 Å². The first kappa shape index (κ1) is 20.6. The first-order valence-electron chi connectivity index (χ1n) is 11.1. The molecule has 0 fully saturated rings. The minimum atomic E-state index is -0.0763. The van der Waals surface area contributed by atoms with Crippen LogP contribution in [0.5, 0.6) is 0 Å². The predicted molar refractivity (Wildman–Crippen MR) is 120 cm³/mol. The van der Waals surface area contributed by atoms with Gasteiger partial charge < -0.3 is 0 Å². The van der Waals surface area contributed by atoms with E-state index in [2.05, 4.69) is 71.5 Å². The van der Waals surface area contributed by atoms with Gasteiger partial charge in [-0.3, -0.25) is 9.58 Å². The molecule has 0 N–H and O–H groups in total. The Kier molecular flexibility index (Phi) is 5.13. The van der Waals surface area contributed by atoms with Gasteiger partial charge in [0.25, 0.3) is 0 Å². The number of tetrazole rings is 1. The van der Waals surface area contributed by atoms with Gasteiger partial charge >= 0.3 is 0 Å². The van der Waals surface area contributed by atoms with Gasteiger partial charge in [-0.2, -0.15) is 10.2 Å². The molecule has 3 aromatic heterocycles. The molecule has 1 aliphatic heterocycles. The van der Waals surface area contributed by atoms with Crippen LogP contribution in [0.15, 0.2) is 36.5 Å². The lowest BCUT2D eigenvalue weighted by molar-refractivity contribution is 0.162. The third-order valence-electron chi connectivity index (χ3n) is 6.42. The SMILES string of the molecule is Cc1nn(C)c(C)c1CN1CCn2nnnc2C1c1cn(-c2ccccc2)nc1C(C)C. The van der Waals surface area contributed by atoms with Gasteiger partial charge in [-0.1, -0.05) is 32.0 Å². The Morgan fingerprint density at radius 3 is 2.53 bits per heavy atom. The number of nitrogens with zero attached hydrogens (tertiary/aromatic N) is 9. The second-order valence-corrected chi connectivity index (χ2v) is 8.81. The molecule has 0 aliphatic carbocycles. The van der Waals surface area contributed by atoms with Gasteiger partial charge in [0.1, 0.15) is 6.04 Å². The maximum Gasteiger partial charge on any atom is 0.173 e. The van der Waals surface area contributed by atoms with E-state index in [9.17, 15) is 0 Å². The minimum Gasteiger partial charge on any atom is -0.283 e. The molecule has 4 aromatic rings. The maximum atomic E-state index is 4.99. The van der Waals surface area contributed by atoms with E-state index in [4.69, 9.17) is 5.10 Å². The van der Waals surface area contributed by atoms with Crippen LogP contribution >= 0.6 is 0 Å². The van der Waals surface area contributed by atoms with Crippen molar-refractivity contribution in [3.63, 3.8) is 0 Å². The van der Waals surface area contributed by atoms with Crippen molar-refractivity contribution in [3.05, 3.63) is 70.6 Å². The molecular formula is C23H29N9. The van der Waals surface area contributed by atoms with Crippen LogP contribution in [0.4, 0.5) is 0 Å². The summed E-state index contributed by atoms with van der Waals surface area (Å²) in [5.41, 5.74) is 6.79. The first-order valence-corrected chi connectivity index (χ1v) is 11.1. The highest BCUT2D eigenvalue weighted by Crippen LogP contribution is 2.36. The van der Waals surface area contributed by atoms with Crippen LogP contribution in [0.3, 0.4) is 0 Å². The molecule has 0 spiro atoms. The van der Waals surface area contributed by atoms with E-state index >= 15 is 0 Å². The van der Waals surface area contributed by atoms with Crippen molar-refractivity contribution < 1.29 is 0 Å². The zero-order chi connectivity index (χ0) is 22.4. The zero-order valence-corrected chi connectivity index (χ0v) is 19.3. The molecule has 0 radical (unpaired) electrons. The second kappa shape index (κ2) is 7.98. The summed E-state index contributed by atoms with van der Waals surface area (Å²) in [6, 6.07) is 10.2. The van der Waals surface area contributed by atoms with Crippen LogP contribution in [-0.4, -0.2) is 51.2 Å². The fourth-order valence-corrected chi connectivity index (χ4v) is 4.61. The lowest BCUT2D eigenvalue weighted by Crippen LogP contribution is -2.39. The molecule has 0 bridgehead atoms. The Labute approximate surface area is 187 Å². The standard InChI is InChI=1S/C23H29N9/c1-15(2)21-20(14-32(26-21)18-9-7-6-8-10-18)22-23-24-27-28-31(23)12-11-30(22)13-19-16(3)25-29(5)17(19)4/h6-10,14-15,22H,11-13H2,1-5H3. The van der Waals surface area contributed by atoms with Gasteiger partial charge in [0.05, 0.1) is 23.6 Å². The quantitative estimate of drug-likeness (QED) is 0.483. The fourth-order valence-electron chi connectivity index (χ4n) is 4.61. The first-order chi connectivity index (χ1) is 15.4. The Balaban J connectivity index is 1.62. The molecule has 9 heteroatoms. The Hall–Kier alpha value is -3.33. The third-order valence-corrected chi connectivity index (χ3v) is 6.42. The lowest BCUT2D eigenvalue weighted by Gasteiger charge is -2.35. The smallest absolute Gasteiger partial charge is 0.173 e. The van der Waals surface area contributed by atoms with E-state index < -0.39 is 0 Å². The number of aryl methyl sites for hydroxylation is 2. The number of rotatable bonds is 5. The van der Waals surface area contributed by atoms with Crippen molar-refractivity contribution in [1.82, 2.24) is 44.7 Å². The predicted octanol–water partition coefficient (Wildman–Crippen LogP) is 2.94. The maximum absolute atomic E-state index is 4.99. The molecule has 166 valence electrons. The molecule has 1 unspecified atom stereocenters. The fraction of sp³-hybridized carbons (Fsp3) is 0.435. The Bertz CT molecular complexity index is 1230. The monoisotopic (exact) mass is 431 g/mol. The Morgan fingerprint density at radius 2 is 1.84 bits per heavy atom. The van der Waals surface area contributed by atoms with Crippen molar-refractivity contribution in [3.8, 4) is 5.69 Å². The van der Waals surface area contributed by atoms with Crippen LogP contribution < -0.4 is 0 Å². The van der Waals surface area contributed by atoms with E-state index in [1.807, 2.05) is 39.3 Å². The van der Waals surface area contributed by atoms with Gasteiger partial charge in [-0.25, -0.2) is 9.36 Å². The van der Waals surface area contributed by atoms with Crippen LogP contribution in [0.1, 0.15) is 59.8 Å². The molecule has 9 nitrogen and oxygen atoms in total. The normalized spacial score (nSPS) is 16.6. The average Bonchev–Trinajstić information content (AvgIpc) is 3.49. The van der Waals surface area contributed by atoms with E-state index in [-0.39, 0.29) is 12.0 Å². The van der Waals surface area contributed by atoms with Crippen molar-refractivity contribution >= 4 is 0 Å². The lowest BCUT2D eigenvalue weighted by atomic mass is 9.97. The molecule has 1 aliphatic rings. The summed E-state index contributed by atoms with van der Waals surface area (Å²) in [7, 11) is 2.00. The molecule has 1 atom stereocenters. The number of hydrogen-bond acceptors (Lipinski definition) is 6. The number of hydrogen-bond donors (Lipinski definition) is 0. The van der Waals surface area contributed by atoms with E-state index in [1.165, 1.54) is 11.3 Å². The van der Waals surface area contributed by atoms with Crippen LogP contribution in [0, 0.1) is 13.8 Å². The van der Waals surface area contributed by atoms with E-state index in [0.29, 0.717) is 0 Å². The molecule has 0 saturated carbocycles. The molecule has 32 heavy (non-hydrogen) atoms. The molecule has 5 rings (SSSR count). The summed E-state index contributed by atoms with van der Waals surface area (Å²) in [5.74, 6) is 1.13. The summed E-state index contributed by atoms with van der Waals surface area (Å²) in [6.07, 6.45) is 2.15. The number of aromatic nitrogens is 8. The van der Waals surface area contributed by atoms with Crippen LogP contribution in [0.2, 0.25) is 0 Å². The molecule has 0 saturated heterocycles. The second-order valence-electron chi connectivity index (χ2n) is 8.81. The van der Waals surface area contributed by atoms with Crippen molar-refractivity contribution in [2.24, 2.45) is 7.05 Å². The molecule has 4 heterocycles.